The number of amides is 1. The van der Waals surface area contributed by atoms with Gasteiger partial charge in [0.1, 0.15) is 17.2 Å². The summed E-state index contributed by atoms with van der Waals surface area (Å²) in [5.74, 6) is -8.43. The number of aliphatic hydroxyl groups is 1. The molecule has 2 aromatic rings. The van der Waals surface area contributed by atoms with Crippen molar-refractivity contribution in [2.45, 2.75) is 56.1 Å². The zero-order valence-electron chi connectivity index (χ0n) is 16.7. The molecule has 32 heavy (non-hydrogen) atoms. The Hall–Kier alpha value is -1.97. The van der Waals surface area contributed by atoms with Crippen molar-refractivity contribution in [2.24, 2.45) is 0 Å². The molecule has 1 aromatic carbocycles. The van der Waals surface area contributed by atoms with Gasteiger partial charge < -0.3 is 10.4 Å². The van der Waals surface area contributed by atoms with Crippen LogP contribution in [0.4, 0.5) is 22.0 Å². The van der Waals surface area contributed by atoms with Gasteiger partial charge in [-0.15, -0.1) is 0 Å². The number of nitrogens with one attached hydrogen (secondary N) is 1. The third-order valence-corrected chi connectivity index (χ3v) is 6.06. The number of benzene rings is 1. The van der Waals surface area contributed by atoms with E-state index < -0.39 is 72.3 Å². The minimum Gasteiger partial charge on any atom is -0.387 e. The summed E-state index contributed by atoms with van der Waals surface area (Å²) < 4.78 is 69.5. The van der Waals surface area contributed by atoms with Crippen LogP contribution in [0, 0.1) is 5.82 Å². The van der Waals surface area contributed by atoms with Crippen LogP contribution in [0.5, 0.6) is 0 Å². The lowest BCUT2D eigenvalue weighted by Crippen LogP contribution is -2.50. The Bertz CT molecular complexity index is 1020. The fourth-order valence-corrected chi connectivity index (χ4v) is 4.00. The van der Waals surface area contributed by atoms with E-state index >= 15 is 0 Å². The average molecular weight is 497 g/mol. The second-order valence-electron chi connectivity index (χ2n) is 7.92. The number of alkyl halides is 4. The Balaban J connectivity index is 2.02. The van der Waals surface area contributed by atoms with Gasteiger partial charge in [-0.3, -0.25) is 4.79 Å². The monoisotopic (exact) mass is 496 g/mol. The van der Waals surface area contributed by atoms with Gasteiger partial charge in [0.2, 0.25) is 5.92 Å². The molecule has 1 aliphatic rings. The van der Waals surface area contributed by atoms with Crippen molar-refractivity contribution in [1.29, 1.82) is 0 Å². The van der Waals surface area contributed by atoms with Crippen LogP contribution in [0.25, 0.3) is 0 Å². The molecule has 0 aliphatic heterocycles. The van der Waals surface area contributed by atoms with Gasteiger partial charge in [0.05, 0.1) is 21.7 Å². The van der Waals surface area contributed by atoms with Crippen molar-refractivity contribution >= 4 is 29.1 Å². The number of carbonyl (C=O) groups excluding carboxylic acids is 1. The second kappa shape index (κ2) is 8.76. The van der Waals surface area contributed by atoms with Crippen LogP contribution >= 0.6 is 23.2 Å². The smallest absolute Gasteiger partial charge is 0.287 e. The molecule has 1 heterocycles. The van der Waals surface area contributed by atoms with Crippen LogP contribution < -0.4 is 5.32 Å². The molecule has 0 radical (unpaired) electrons. The Morgan fingerprint density at radius 1 is 1.12 bits per heavy atom. The Labute approximate surface area is 190 Å². The minimum absolute atomic E-state index is 0.244. The zero-order chi connectivity index (χ0) is 23.9. The topological polar surface area (TPSA) is 62.2 Å². The van der Waals surface area contributed by atoms with Gasteiger partial charge in [0.25, 0.3) is 11.8 Å². The van der Waals surface area contributed by atoms with E-state index in [0.717, 1.165) is 12.1 Å². The summed E-state index contributed by atoms with van der Waals surface area (Å²) in [5, 5.41) is 12.9. The van der Waals surface area contributed by atoms with E-state index in [1.54, 1.807) is 0 Å². The van der Waals surface area contributed by atoms with Gasteiger partial charge in [-0.25, -0.2) is 18.2 Å². The standard InChI is InChI=1S/C21H19Cl2F5N2O2/c1-19(25,26)14-6-5-13(23)16(29-14)18(31)30-17(11-3-2-4-12(22)15(11)24)20(32)7-9-21(27,28)10-8-20/h2-6,17,32H,7-10H2,1H3,(H,30,31). The minimum atomic E-state index is -3.37. The first-order valence-corrected chi connectivity index (χ1v) is 10.4. The third kappa shape index (κ3) is 5.15. The molecule has 1 aliphatic carbocycles. The van der Waals surface area contributed by atoms with E-state index in [0.29, 0.717) is 6.92 Å². The summed E-state index contributed by atoms with van der Waals surface area (Å²) >= 11 is 11.8. The van der Waals surface area contributed by atoms with E-state index in [-0.39, 0.29) is 15.6 Å². The second-order valence-corrected chi connectivity index (χ2v) is 8.74. The molecule has 4 nitrogen and oxygen atoms in total. The van der Waals surface area contributed by atoms with E-state index in [1.807, 2.05) is 0 Å². The van der Waals surface area contributed by atoms with Gasteiger partial charge in [0.15, 0.2) is 0 Å². The summed E-state index contributed by atoms with van der Waals surface area (Å²) in [4.78, 5) is 16.5. The molecule has 2 N–H and O–H groups in total. The first-order valence-electron chi connectivity index (χ1n) is 9.63. The van der Waals surface area contributed by atoms with Crippen molar-refractivity contribution < 1.29 is 31.9 Å². The predicted octanol–water partition coefficient (Wildman–Crippen LogP) is 6.05. The fourth-order valence-electron chi connectivity index (χ4n) is 3.63. The van der Waals surface area contributed by atoms with Gasteiger partial charge in [0, 0.05) is 25.3 Å². The molecule has 1 saturated carbocycles. The normalized spacial score (nSPS) is 18.8. The molecular formula is C21H19Cl2F5N2O2. The molecule has 0 spiro atoms. The molecule has 11 heteroatoms. The van der Waals surface area contributed by atoms with Crippen molar-refractivity contribution in [3.8, 4) is 0 Å². The number of nitrogens with zero attached hydrogens (tertiary/aromatic N) is 1. The van der Waals surface area contributed by atoms with Crippen LogP contribution in [-0.4, -0.2) is 27.5 Å². The average Bonchev–Trinajstić information content (AvgIpc) is 2.70. The summed E-state index contributed by atoms with van der Waals surface area (Å²) in [6, 6.07) is 4.33. The largest absolute Gasteiger partial charge is 0.387 e. The van der Waals surface area contributed by atoms with Crippen molar-refractivity contribution in [2.75, 3.05) is 0 Å². The Kier molecular flexibility index (Phi) is 6.75. The molecule has 1 amide bonds. The zero-order valence-corrected chi connectivity index (χ0v) is 18.3. The van der Waals surface area contributed by atoms with Crippen LogP contribution in [0.3, 0.4) is 0 Å². The highest BCUT2D eigenvalue weighted by molar-refractivity contribution is 6.33. The van der Waals surface area contributed by atoms with Gasteiger partial charge >= 0.3 is 0 Å². The third-order valence-electron chi connectivity index (χ3n) is 5.46. The highest BCUT2D eigenvalue weighted by Crippen LogP contribution is 2.45. The summed E-state index contributed by atoms with van der Waals surface area (Å²) in [6.45, 7) is 0.583. The van der Waals surface area contributed by atoms with Crippen LogP contribution in [0.15, 0.2) is 30.3 Å². The van der Waals surface area contributed by atoms with Crippen molar-refractivity contribution in [1.82, 2.24) is 10.3 Å². The van der Waals surface area contributed by atoms with Crippen LogP contribution in [0.2, 0.25) is 10.0 Å². The predicted molar refractivity (Wildman–Crippen MR) is 109 cm³/mol. The van der Waals surface area contributed by atoms with Gasteiger partial charge in [-0.1, -0.05) is 35.3 Å². The lowest BCUT2D eigenvalue weighted by Gasteiger charge is -2.42. The summed E-state index contributed by atoms with van der Waals surface area (Å²) in [7, 11) is 0. The van der Waals surface area contributed by atoms with Crippen LogP contribution in [-0.2, 0) is 5.92 Å². The lowest BCUT2D eigenvalue weighted by atomic mass is 9.75. The van der Waals surface area contributed by atoms with Crippen molar-refractivity contribution in [3.05, 3.63) is 63.1 Å². The van der Waals surface area contributed by atoms with Crippen LogP contribution in [0.1, 0.15) is 60.4 Å². The maximum absolute atomic E-state index is 14.8. The first kappa shape index (κ1) is 24.7. The maximum atomic E-state index is 14.8. The molecule has 1 fully saturated rings. The SMILES string of the molecule is CC(F)(F)c1ccc(Cl)c(C(=O)NC(c2cccc(Cl)c2F)C2(O)CCC(F)(F)CC2)n1. The number of hydrogen-bond acceptors (Lipinski definition) is 3. The molecule has 1 atom stereocenters. The number of hydrogen-bond donors (Lipinski definition) is 2. The van der Waals surface area contributed by atoms with Gasteiger partial charge in [-0.05, 0) is 31.0 Å². The molecule has 174 valence electrons. The van der Waals surface area contributed by atoms with E-state index in [4.69, 9.17) is 23.2 Å². The fraction of sp³-hybridized carbons (Fsp3) is 0.429. The number of halogens is 7. The highest BCUT2D eigenvalue weighted by atomic mass is 35.5. The summed E-state index contributed by atoms with van der Waals surface area (Å²) in [5.41, 5.74) is -3.51. The molecule has 1 unspecified atom stereocenters. The van der Waals surface area contributed by atoms with E-state index in [9.17, 15) is 31.9 Å². The molecular weight excluding hydrogens is 478 g/mol. The first-order chi connectivity index (χ1) is 14.7. The number of pyridine rings is 1. The number of carbonyl (C=O) groups is 1. The van der Waals surface area contributed by atoms with Gasteiger partial charge in [-0.2, -0.15) is 8.78 Å². The summed E-state index contributed by atoms with van der Waals surface area (Å²) in [6.07, 6.45) is -2.28. The molecule has 3 rings (SSSR count). The molecule has 1 aromatic heterocycles. The molecule has 0 bridgehead atoms. The molecule has 0 saturated heterocycles. The Morgan fingerprint density at radius 2 is 1.75 bits per heavy atom. The van der Waals surface area contributed by atoms with E-state index in [1.165, 1.54) is 18.2 Å². The van der Waals surface area contributed by atoms with E-state index in [2.05, 4.69) is 10.3 Å². The number of rotatable bonds is 5. The lowest BCUT2D eigenvalue weighted by molar-refractivity contribution is -0.116. The quantitative estimate of drug-likeness (QED) is 0.495. The number of aromatic nitrogens is 1. The highest BCUT2D eigenvalue weighted by Gasteiger charge is 2.48. The van der Waals surface area contributed by atoms with Crippen molar-refractivity contribution in [3.63, 3.8) is 0 Å². The Morgan fingerprint density at radius 3 is 2.34 bits per heavy atom. The maximum Gasteiger partial charge on any atom is 0.287 e.